The summed E-state index contributed by atoms with van der Waals surface area (Å²) >= 11 is 0. The highest BCUT2D eigenvalue weighted by Crippen LogP contribution is 2.16. The fourth-order valence-electron chi connectivity index (χ4n) is 2.97. The molecule has 1 amide bonds. The molecule has 1 aromatic heterocycles. The lowest BCUT2D eigenvalue weighted by atomic mass is 10.2. The largest absolute Gasteiger partial charge is 0.343 e. The molecule has 5 nitrogen and oxygen atoms in total. The number of aryl methyl sites for hydroxylation is 1. The van der Waals surface area contributed by atoms with Crippen LogP contribution in [0.2, 0.25) is 0 Å². The van der Waals surface area contributed by atoms with Crippen molar-refractivity contribution < 1.29 is 9.59 Å². The summed E-state index contributed by atoms with van der Waals surface area (Å²) in [7, 11) is 0. The third-order valence-corrected chi connectivity index (χ3v) is 4.20. The van der Waals surface area contributed by atoms with Gasteiger partial charge >= 0.3 is 0 Å². The molecule has 0 unspecified atom stereocenters. The Labute approximate surface area is 129 Å². The van der Waals surface area contributed by atoms with Crippen molar-refractivity contribution in [3.63, 3.8) is 0 Å². The minimum Gasteiger partial charge on any atom is -0.343 e. The van der Waals surface area contributed by atoms with Crippen LogP contribution in [0, 0.1) is 6.92 Å². The van der Waals surface area contributed by atoms with Gasteiger partial charge in [-0.3, -0.25) is 9.59 Å². The first-order valence-electron chi connectivity index (χ1n) is 7.90. The van der Waals surface area contributed by atoms with E-state index in [-0.39, 0.29) is 11.8 Å². The molecule has 0 atom stereocenters. The molecule has 1 aliphatic rings. The van der Waals surface area contributed by atoms with Gasteiger partial charge in [-0.15, -0.1) is 0 Å². The lowest BCUT2D eigenvalue weighted by molar-refractivity contribution is -0.130. The number of hydrogen-bond acceptors (Lipinski definition) is 3. The van der Waals surface area contributed by atoms with Gasteiger partial charge in [0.2, 0.25) is 11.8 Å². The Bertz CT molecular complexity index is 699. The van der Waals surface area contributed by atoms with Crippen LogP contribution in [0.5, 0.6) is 0 Å². The summed E-state index contributed by atoms with van der Waals surface area (Å²) in [5.74, 6) is 0.124. The minimum absolute atomic E-state index is 0.0481. The molecule has 0 radical (unpaired) electrons. The van der Waals surface area contributed by atoms with Crippen molar-refractivity contribution >= 4 is 22.7 Å². The zero-order valence-corrected chi connectivity index (χ0v) is 12.9. The maximum absolute atomic E-state index is 12.3. The molecule has 116 valence electrons. The highest BCUT2D eigenvalue weighted by molar-refractivity contribution is 5.91. The van der Waals surface area contributed by atoms with Crippen LogP contribution in [0.15, 0.2) is 24.4 Å². The Balaban J connectivity index is 1.58. The van der Waals surface area contributed by atoms with Crippen LogP contribution >= 0.6 is 0 Å². The number of rotatable bonds is 4. The van der Waals surface area contributed by atoms with Crippen molar-refractivity contribution in [3.8, 4) is 0 Å². The molecule has 2 heterocycles. The first-order valence-corrected chi connectivity index (χ1v) is 7.90. The summed E-state index contributed by atoms with van der Waals surface area (Å²) in [6.45, 7) is 3.76. The van der Waals surface area contributed by atoms with E-state index in [1.807, 2.05) is 30.0 Å². The zero-order chi connectivity index (χ0) is 15.5. The van der Waals surface area contributed by atoms with Crippen molar-refractivity contribution in [3.05, 3.63) is 30.0 Å². The van der Waals surface area contributed by atoms with Crippen molar-refractivity contribution in [2.45, 2.75) is 39.0 Å². The standard InChI is InChI=1S/C17H21N3O2/c1-13-7-8-15-14(11-13)12-18-20(15)17(22)6-4-5-16(21)19-9-2-3-10-19/h7-8,11-12H,2-6,9-10H2,1H3. The van der Waals surface area contributed by atoms with E-state index in [4.69, 9.17) is 0 Å². The monoisotopic (exact) mass is 299 g/mol. The predicted molar refractivity (Wildman–Crippen MR) is 84.8 cm³/mol. The molecule has 5 heteroatoms. The van der Waals surface area contributed by atoms with E-state index in [2.05, 4.69) is 5.10 Å². The van der Waals surface area contributed by atoms with Gasteiger partial charge in [0.15, 0.2) is 0 Å². The smallest absolute Gasteiger partial charge is 0.247 e. The maximum atomic E-state index is 12.3. The van der Waals surface area contributed by atoms with Crippen LogP contribution < -0.4 is 0 Å². The summed E-state index contributed by atoms with van der Waals surface area (Å²) < 4.78 is 1.45. The van der Waals surface area contributed by atoms with Crippen LogP contribution in [0.3, 0.4) is 0 Å². The Kier molecular flexibility index (Phi) is 4.22. The van der Waals surface area contributed by atoms with Crippen LogP contribution in [0.4, 0.5) is 0 Å². The Morgan fingerprint density at radius 3 is 2.64 bits per heavy atom. The van der Waals surface area contributed by atoms with Gasteiger partial charge in [0, 0.05) is 31.3 Å². The number of aromatic nitrogens is 2. The van der Waals surface area contributed by atoms with Gasteiger partial charge in [0.05, 0.1) is 11.7 Å². The van der Waals surface area contributed by atoms with E-state index in [1.54, 1.807) is 6.20 Å². The Morgan fingerprint density at radius 2 is 1.86 bits per heavy atom. The molecule has 1 aromatic carbocycles. The quantitative estimate of drug-likeness (QED) is 0.872. The number of carbonyl (C=O) groups excluding carboxylic acids is 2. The number of likely N-dealkylation sites (tertiary alicyclic amines) is 1. The van der Waals surface area contributed by atoms with E-state index in [0.29, 0.717) is 19.3 Å². The fraction of sp³-hybridized carbons (Fsp3) is 0.471. The third-order valence-electron chi connectivity index (χ3n) is 4.20. The number of carbonyl (C=O) groups is 2. The molecule has 0 bridgehead atoms. The van der Waals surface area contributed by atoms with E-state index >= 15 is 0 Å². The van der Waals surface area contributed by atoms with Crippen molar-refractivity contribution in [1.29, 1.82) is 0 Å². The molecule has 0 spiro atoms. The van der Waals surface area contributed by atoms with Crippen LogP contribution in [-0.2, 0) is 4.79 Å². The molecule has 0 N–H and O–H groups in total. The lowest BCUT2D eigenvalue weighted by Gasteiger charge is -2.14. The third kappa shape index (κ3) is 3.03. The number of fused-ring (bicyclic) bond motifs is 1. The summed E-state index contributed by atoms with van der Waals surface area (Å²) in [5, 5.41) is 5.16. The van der Waals surface area contributed by atoms with Crippen molar-refractivity contribution in [2.24, 2.45) is 0 Å². The molecule has 22 heavy (non-hydrogen) atoms. The van der Waals surface area contributed by atoms with E-state index < -0.39 is 0 Å². The number of hydrogen-bond donors (Lipinski definition) is 0. The van der Waals surface area contributed by atoms with E-state index in [0.717, 1.165) is 42.4 Å². The fourth-order valence-corrected chi connectivity index (χ4v) is 2.97. The van der Waals surface area contributed by atoms with Gasteiger partial charge in [-0.2, -0.15) is 5.10 Å². The van der Waals surface area contributed by atoms with Crippen molar-refractivity contribution in [2.75, 3.05) is 13.1 Å². The predicted octanol–water partition coefficient (Wildman–Crippen LogP) is 2.78. The van der Waals surface area contributed by atoms with Gasteiger partial charge in [-0.1, -0.05) is 11.6 Å². The van der Waals surface area contributed by atoms with Gasteiger partial charge in [0.1, 0.15) is 0 Å². The number of amides is 1. The summed E-state index contributed by atoms with van der Waals surface area (Å²) in [6, 6.07) is 5.92. The minimum atomic E-state index is -0.0481. The lowest BCUT2D eigenvalue weighted by Crippen LogP contribution is -2.27. The SMILES string of the molecule is Cc1ccc2c(cnn2C(=O)CCCC(=O)N2CCCC2)c1. The first-order chi connectivity index (χ1) is 10.6. The average molecular weight is 299 g/mol. The Morgan fingerprint density at radius 1 is 1.14 bits per heavy atom. The molecular weight excluding hydrogens is 278 g/mol. The summed E-state index contributed by atoms with van der Waals surface area (Å²) in [6.07, 6.45) is 5.30. The van der Waals surface area contributed by atoms with Gasteiger partial charge < -0.3 is 4.90 Å². The molecule has 3 rings (SSSR count). The highest BCUT2D eigenvalue weighted by atomic mass is 16.2. The molecule has 1 aliphatic heterocycles. The second kappa shape index (κ2) is 6.30. The topological polar surface area (TPSA) is 55.2 Å². The van der Waals surface area contributed by atoms with E-state index in [9.17, 15) is 9.59 Å². The summed E-state index contributed by atoms with van der Waals surface area (Å²) in [4.78, 5) is 26.1. The highest BCUT2D eigenvalue weighted by Gasteiger charge is 2.18. The molecule has 1 saturated heterocycles. The summed E-state index contributed by atoms with van der Waals surface area (Å²) in [5.41, 5.74) is 1.98. The Hall–Kier alpha value is -2.17. The normalized spacial score (nSPS) is 14.7. The molecule has 2 aromatic rings. The molecular formula is C17H21N3O2. The molecule has 0 aliphatic carbocycles. The van der Waals surface area contributed by atoms with Gasteiger partial charge in [-0.25, -0.2) is 4.68 Å². The second-order valence-electron chi connectivity index (χ2n) is 5.95. The van der Waals surface area contributed by atoms with Gasteiger partial charge in [-0.05, 0) is 38.3 Å². The molecule has 0 saturated carbocycles. The van der Waals surface area contributed by atoms with Crippen LogP contribution in [0.25, 0.3) is 10.9 Å². The van der Waals surface area contributed by atoms with Crippen LogP contribution in [0.1, 0.15) is 42.5 Å². The van der Waals surface area contributed by atoms with Gasteiger partial charge in [0.25, 0.3) is 0 Å². The number of nitrogens with zero attached hydrogens (tertiary/aromatic N) is 3. The van der Waals surface area contributed by atoms with E-state index in [1.165, 1.54) is 4.68 Å². The first kappa shape index (κ1) is 14.8. The second-order valence-corrected chi connectivity index (χ2v) is 5.95. The molecule has 1 fully saturated rings. The van der Waals surface area contributed by atoms with Crippen LogP contribution in [-0.4, -0.2) is 39.6 Å². The van der Waals surface area contributed by atoms with Crippen molar-refractivity contribution in [1.82, 2.24) is 14.7 Å². The maximum Gasteiger partial charge on any atom is 0.247 e. The zero-order valence-electron chi connectivity index (χ0n) is 12.9. The number of benzene rings is 1. The average Bonchev–Trinajstić information content (AvgIpc) is 3.16.